The summed E-state index contributed by atoms with van der Waals surface area (Å²) in [6.07, 6.45) is 4.16. The van der Waals surface area contributed by atoms with Crippen LogP contribution in [0.15, 0.2) is 18.2 Å². The van der Waals surface area contributed by atoms with Gasteiger partial charge in [0.1, 0.15) is 0 Å². The Bertz CT molecular complexity index is 609. The Kier molecular flexibility index (Phi) is 4.90. The number of benzene rings is 1. The van der Waals surface area contributed by atoms with Crippen LogP contribution in [0.3, 0.4) is 0 Å². The smallest absolute Gasteiger partial charge is 0.337 e. The minimum Gasteiger partial charge on any atom is -0.478 e. The zero-order valence-electron chi connectivity index (χ0n) is 10.8. The number of sulfonamides is 1. The third-order valence-corrected chi connectivity index (χ3v) is 5.98. The van der Waals surface area contributed by atoms with Crippen molar-refractivity contribution in [1.82, 2.24) is 0 Å². The highest BCUT2D eigenvalue weighted by atomic mass is 127. The first-order valence-corrected chi connectivity index (χ1v) is 9.07. The highest BCUT2D eigenvalue weighted by molar-refractivity contribution is 14.1. The van der Waals surface area contributed by atoms with Gasteiger partial charge in [-0.2, -0.15) is 0 Å². The number of hydrogen-bond donors (Lipinski definition) is 2. The van der Waals surface area contributed by atoms with Crippen molar-refractivity contribution in [3.8, 4) is 0 Å². The summed E-state index contributed by atoms with van der Waals surface area (Å²) in [5.41, 5.74) is 0.125. The lowest BCUT2D eigenvalue weighted by molar-refractivity contribution is 0.0698. The molecule has 1 aliphatic rings. The summed E-state index contributed by atoms with van der Waals surface area (Å²) in [7, 11) is -3.52. The molecule has 0 aromatic heterocycles. The van der Waals surface area contributed by atoms with Crippen LogP contribution >= 0.6 is 22.6 Å². The summed E-state index contributed by atoms with van der Waals surface area (Å²) in [5, 5.41) is 8.74. The van der Waals surface area contributed by atoms with Crippen LogP contribution in [0.2, 0.25) is 0 Å². The molecular formula is C13H16INO4S. The maximum Gasteiger partial charge on any atom is 0.337 e. The van der Waals surface area contributed by atoms with Gasteiger partial charge in [0.05, 0.1) is 16.5 Å². The third kappa shape index (κ3) is 3.63. The van der Waals surface area contributed by atoms with E-state index < -0.39 is 21.2 Å². The summed E-state index contributed by atoms with van der Waals surface area (Å²) < 4.78 is 27.8. The number of nitrogens with one attached hydrogen (secondary N) is 1. The second-order valence-electron chi connectivity index (χ2n) is 4.90. The molecule has 0 saturated heterocycles. The Labute approximate surface area is 132 Å². The topological polar surface area (TPSA) is 83.5 Å². The molecule has 0 unspecified atom stereocenters. The lowest BCUT2D eigenvalue weighted by Gasteiger charge is -2.22. The number of carboxylic acid groups (broad SMARTS) is 1. The molecule has 1 aromatic carbocycles. The van der Waals surface area contributed by atoms with Crippen LogP contribution in [-0.4, -0.2) is 24.7 Å². The van der Waals surface area contributed by atoms with Crippen LogP contribution in [0, 0.1) is 3.57 Å². The van der Waals surface area contributed by atoms with Gasteiger partial charge in [0.25, 0.3) is 0 Å². The Hall–Kier alpha value is -0.830. The normalized spacial score (nSPS) is 16.9. The van der Waals surface area contributed by atoms with Crippen LogP contribution in [0.1, 0.15) is 42.5 Å². The average molecular weight is 409 g/mol. The van der Waals surface area contributed by atoms with Crippen LogP contribution < -0.4 is 4.72 Å². The second kappa shape index (κ2) is 6.30. The van der Waals surface area contributed by atoms with E-state index in [1.165, 1.54) is 12.1 Å². The molecule has 0 atom stereocenters. The third-order valence-electron chi connectivity index (χ3n) is 3.46. The van der Waals surface area contributed by atoms with Gasteiger partial charge in [0.2, 0.25) is 10.0 Å². The number of anilines is 1. The second-order valence-corrected chi connectivity index (χ2v) is 8.11. The Morgan fingerprint density at radius 2 is 1.90 bits per heavy atom. The minimum absolute atomic E-state index is 0.0173. The molecule has 1 saturated carbocycles. The molecule has 1 aromatic rings. The molecular weight excluding hydrogens is 393 g/mol. The fraction of sp³-hybridized carbons (Fsp3) is 0.462. The Morgan fingerprint density at radius 1 is 1.25 bits per heavy atom. The van der Waals surface area contributed by atoms with Crippen LogP contribution in [0.4, 0.5) is 5.69 Å². The van der Waals surface area contributed by atoms with E-state index in [0.29, 0.717) is 12.8 Å². The van der Waals surface area contributed by atoms with Crippen molar-refractivity contribution in [1.29, 1.82) is 0 Å². The van der Waals surface area contributed by atoms with Gasteiger partial charge >= 0.3 is 5.97 Å². The lowest BCUT2D eigenvalue weighted by Crippen LogP contribution is -2.30. The summed E-state index contributed by atoms with van der Waals surface area (Å²) in [6, 6.07) is 4.65. The molecule has 0 heterocycles. The number of hydrogen-bond acceptors (Lipinski definition) is 3. The molecule has 0 bridgehead atoms. The maximum absolute atomic E-state index is 12.3. The van der Waals surface area contributed by atoms with E-state index >= 15 is 0 Å². The SMILES string of the molecule is O=C(O)c1cc(I)ccc1NS(=O)(=O)C1CCCCC1. The first kappa shape index (κ1) is 15.6. The van der Waals surface area contributed by atoms with E-state index in [0.717, 1.165) is 22.8 Å². The summed E-state index contributed by atoms with van der Waals surface area (Å²) in [5.74, 6) is -1.13. The molecule has 0 spiro atoms. The summed E-state index contributed by atoms with van der Waals surface area (Å²) in [6.45, 7) is 0. The molecule has 2 rings (SSSR count). The van der Waals surface area contributed by atoms with Crippen LogP contribution in [0.25, 0.3) is 0 Å². The molecule has 0 amide bonds. The lowest BCUT2D eigenvalue weighted by atomic mass is 10.0. The summed E-state index contributed by atoms with van der Waals surface area (Å²) >= 11 is 2.00. The van der Waals surface area contributed by atoms with Gasteiger partial charge in [-0.3, -0.25) is 4.72 Å². The number of carboxylic acids is 1. The largest absolute Gasteiger partial charge is 0.478 e. The maximum atomic E-state index is 12.3. The average Bonchev–Trinajstić information content (AvgIpc) is 2.41. The van der Waals surface area contributed by atoms with E-state index in [2.05, 4.69) is 4.72 Å². The van der Waals surface area contributed by atoms with E-state index in [4.69, 9.17) is 5.11 Å². The molecule has 1 fully saturated rings. The predicted molar refractivity (Wildman–Crippen MR) is 85.5 cm³/mol. The van der Waals surface area contributed by atoms with Crippen molar-refractivity contribution in [2.24, 2.45) is 0 Å². The molecule has 0 radical (unpaired) electrons. The quantitative estimate of drug-likeness (QED) is 0.749. The van der Waals surface area contributed by atoms with E-state index in [1.54, 1.807) is 6.07 Å². The predicted octanol–water partition coefficient (Wildman–Crippen LogP) is 3.06. The molecule has 20 heavy (non-hydrogen) atoms. The molecule has 0 aliphatic heterocycles. The highest BCUT2D eigenvalue weighted by Crippen LogP contribution is 2.27. The number of rotatable bonds is 4. The summed E-state index contributed by atoms with van der Waals surface area (Å²) in [4.78, 5) is 11.2. The molecule has 2 N–H and O–H groups in total. The van der Waals surface area contributed by atoms with Gasteiger partial charge in [-0.25, -0.2) is 13.2 Å². The molecule has 7 heteroatoms. The van der Waals surface area contributed by atoms with Crippen molar-refractivity contribution in [2.45, 2.75) is 37.4 Å². The molecule has 5 nitrogen and oxygen atoms in total. The number of aromatic carboxylic acids is 1. The van der Waals surface area contributed by atoms with Gasteiger partial charge in [-0.15, -0.1) is 0 Å². The zero-order valence-corrected chi connectivity index (χ0v) is 13.8. The van der Waals surface area contributed by atoms with Gasteiger partial charge in [0.15, 0.2) is 0 Å². The molecule has 110 valence electrons. The highest BCUT2D eigenvalue weighted by Gasteiger charge is 2.28. The van der Waals surface area contributed by atoms with Crippen LogP contribution in [-0.2, 0) is 10.0 Å². The van der Waals surface area contributed by atoms with E-state index in [1.807, 2.05) is 22.6 Å². The minimum atomic E-state index is -3.52. The Balaban J connectivity index is 2.27. The van der Waals surface area contributed by atoms with E-state index in [9.17, 15) is 13.2 Å². The standard InChI is InChI=1S/C13H16INO4S/c14-9-6-7-12(11(8-9)13(16)17)15-20(18,19)10-4-2-1-3-5-10/h6-8,10,15H,1-5H2,(H,16,17). The van der Waals surface area contributed by atoms with Gasteiger partial charge in [0, 0.05) is 3.57 Å². The van der Waals surface area contributed by atoms with Crippen LogP contribution in [0.5, 0.6) is 0 Å². The van der Waals surface area contributed by atoms with Crippen molar-refractivity contribution in [3.63, 3.8) is 0 Å². The first-order valence-electron chi connectivity index (χ1n) is 6.44. The van der Waals surface area contributed by atoms with Gasteiger partial charge in [-0.05, 0) is 53.6 Å². The van der Waals surface area contributed by atoms with Crippen molar-refractivity contribution in [2.75, 3.05) is 4.72 Å². The zero-order chi connectivity index (χ0) is 14.8. The van der Waals surface area contributed by atoms with Gasteiger partial charge < -0.3 is 5.11 Å². The van der Waals surface area contributed by atoms with Crippen molar-refractivity contribution < 1.29 is 18.3 Å². The fourth-order valence-corrected chi connectivity index (χ4v) is 4.49. The van der Waals surface area contributed by atoms with E-state index in [-0.39, 0.29) is 11.3 Å². The van der Waals surface area contributed by atoms with Gasteiger partial charge in [-0.1, -0.05) is 19.3 Å². The fourth-order valence-electron chi connectivity index (χ4n) is 2.39. The number of halogens is 1. The number of carbonyl (C=O) groups is 1. The molecule has 1 aliphatic carbocycles. The van der Waals surface area contributed by atoms with Crippen molar-refractivity contribution in [3.05, 3.63) is 27.3 Å². The Morgan fingerprint density at radius 3 is 2.50 bits per heavy atom. The monoisotopic (exact) mass is 409 g/mol. The first-order chi connectivity index (χ1) is 9.40. The van der Waals surface area contributed by atoms with Crippen molar-refractivity contribution >= 4 is 44.3 Å².